The second-order valence-corrected chi connectivity index (χ2v) is 15.5. The van der Waals surface area contributed by atoms with Crippen LogP contribution in [0.25, 0.3) is 0 Å². The van der Waals surface area contributed by atoms with Crippen molar-refractivity contribution in [2.45, 2.75) is 73.6 Å². The van der Waals surface area contributed by atoms with Gasteiger partial charge in [-0.15, -0.1) is 0 Å². The molecule has 0 spiro atoms. The van der Waals surface area contributed by atoms with Gasteiger partial charge in [0.25, 0.3) is 0 Å². The topological polar surface area (TPSA) is 52.6 Å². The zero-order chi connectivity index (χ0) is 37.4. The van der Waals surface area contributed by atoms with Crippen LogP contribution in [0.5, 0.6) is 0 Å². The molecule has 0 aliphatic carbocycles. The van der Waals surface area contributed by atoms with Gasteiger partial charge in [-0.1, -0.05) is 135 Å². The molecule has 5 nitrogen and oxygen atoms in total. The van der Waals surface area contributed by atoms with Crippen LogP contribution >= 0.6 is 0 Å². The van der Waals surface area contributed by atoms with Crippen LogP contribution in [0, 0.1) is 10.8 Å². The predicted molar refractivity (Wildman–Crippen MR) is 216 cm³/mol. The Hall–Kier alpha value is -4.16. The number of hydrogen-bond donors (Lipinski definition) is 0. The molecule has 0 saturated carbocycles. The van der Waals surface area contributed by atoms with Crippen LogP contribution in [-0.4, -0.2) is 63.0 Å². The summed E-state index contributed by atoms with van der Waals surface area (Å²) in [6.45, 7) is 15.9. The molecule has 0 bridgehead atoms. The van der Waals surface area contributed by atoms with Gasteiger partial charge in [-0.25, -0.2) is 0 Å². The first-order valence-corrected chi connectivity index (χ1v) is 18.8. The van der Waals surface area contributed by atoms with E-state index in [4.69, 9.17) is 4.74 Å². The van der Waals surface area contributed by atoms with Gasteiger partial charge in [-0.3, -0.25) is 9.59 Å². The molecule has 0 radical (unpaired) electrons. The van der Waals surface area contributed by atoms with Gasteiger partial charge in [0.15, 0.2) is 0 Å². The van der Waals surface area contributed by atoms with Gasteiger partial charge in [-0.05, 0) is 40.5 Å². The monoisotopic (exact) mass is 691 g/mol. The van der Waals surface area contributed by atoms with Crippen molar-refractivity contribution >= 4 is 39.9 Å². The molecule has 1 aliphatic heterocycles. The zero-order valence-corrected chi connectivity index (χ0v) is 32.6. The smallest absolute Gasteiger partial charge is 0.311 e. The van der Waals surface area contributed by atoms with Crippen molar-refractivity contribution in [2.75, 3.05) is 40.4 Å². The molecule has 51 heavy (non-hydrogen) atoms. The molecular weight excluding hydrogens is 629 g/mol. The summed E-state index contributed by atoms with van der Waals surface area (Å²) < 4.78 is 11.1. The van der Waals surface area contributed by atoms with Gasteiger partial charge in [0.05, 0.1) is 51.2 Å². The lowest BCUT2D eigenvalue weighted by Gasteiger charge is -2.44. The van der Waals surface area contributed by atoms with E-state index in [1.54, 1.807) is 0 Å². The van der Waals surface area contributed by atoms with Gasteiger partial charge in [0, 0.05) is 19.3 Å². The minimum absolute atomic E-state index is 0.0518. The highest BCUT2D eigenvalue weighted by Gasteiger charge is 2.31. The van der Waals surface area contributed by atoms with Gasteiger partial charge < -0.3 is 14.0 Å². The van der Waals surface area contributed by atoms with E-state index in [0.717, 1.165) is 30.3 Å². The van der Waals surface area contributed by atoms with E-state index in [2.05, 4.69) is 133 Å². The van der Waals surface area contributed by atoms with Gasteiger partial charge in [0.2, 0.25) is 0 Å². The molecule has 6 heteroatoms. The summed E-state index contributed by atoms with van der Waals surface area (Å²) in [7, 11) is 3.73. The standard InChI is InChI=1S/C24H20B.C14H28NO2.C7H14O2/c1-5-13-21(14-6-1)25(22-15-7-2-8-16-22,23-17-9-3-10-18-23)24-19-11-4-12-20-24;1-5-14(2,3)13(16)17-12-8-11-15(4)9-6-7-10-15;1-5-7(2,3)6(8)9-4/h1-20H;5-12H2,1-4H3;5H2,1-4H3/q-1;+1;. The van der Waals surface area contributed by atoms with E-state index in [1.165, 1.54) is 54.9 Å². The fraction of sp³-hybridized carbons (Fsp3) is 0.422. The van der Waals surface area contributed by atoms with Crippen LogP contribution in [0.1, 0.15) is 73.6 Å². The normalized spacial score (nSPS) is 13.9. The third-order valence-electron chi connectivity index (χ3n) is 11.0. The predicted octanol–water partition coefficient (Wildman–Crippen LogP) is 7.26. The number of nitrogens with zero attached hydrogens (tertiary/aromatic N) is 1. The van der Waals surface area contributed by atoms with E-state index < -0.39 is 6.15 Å². The Bertz CT molecular complexity index is 1420. The third-order valence-corrected chi connectivity index (χ3v) is 11.0. The summed E-state index contributed by atoms with van der Waals surface area (Å²) in [5, 5.41) is 0. The van der Waals surface area contributed by atoms with Crippen LogP contribution in [0.2, 0.25) is 0 Å². The van der Waals surface area contributed by atoms with Crippen molar-refractivity contribution in [1.29, 1.82) is 0 Å². The minimum atomic E-state index is -1.22. The number of ether oxygens (including phenoxy) is 2. The molecule has 0 atom stereocenters. The quantitative estimate of drug-likeness (QED) is 0.0680. The van der Waals surface area contributed by atoms with Gasteiger partial charge >= 0.3 is 11.9 Å². The Morgan fingerprint density at radius 3 is 1.24 bits per heavy atom. The lowest BCUT2D eigenvalue weighted by atomic mass is 9.13. The third kappa shape index (κ3) is 11.2. The molecule has 1 aliphatic rings. The number of esters is 2. The van der Waals surface area contributed by atoms with Crippen molar-refractivity contribution in [1.82, 2.24) is 0 Å². The van der Waals surface area contributed by atoms with Crippen molar-refractivity contribution < 1.29 is 23.5 Å². The largest absolute Gasteiger partial charge is 0.469 e. The summed E-state index contributed by atoms with van der Waals surface area (Å²) in [5.74, 6) is -0.186. The minimum Gasteiger partial charge on any atom is -0.469 e. The molecule has 0 unspecified atom stereocenters. The van der Waals surface area contributed by atoms with Crippen molar-refractivity contribution in [3.05, 3.63) is 121 Å². The Kier molecular flexibility index (Phi) is 15.7. The number of quaternary nitrogens is 1. The zero-order valence-electron chi connectivity index (χ0n) is 32.6. The van der Waals surface area contributed by atoms with E-state index >= 15 is 0 Å². The van der Waals surface area contributed by atoms with E-state index in [-0.39, 0.29) is 22.8 Å². The maximum atomic E-state index is 11.7. The molecule has 0 aromatic heterocycles. The lowest BCUT2D eigenvalue weighted by molar-refractivity contribution is -0.897. The second kappa shape index (κ2) is 19.5. The van der Waals surface area contributed by atoms with Crippen LogP contribution in [0.3, 0.4) is 0 Å². The summed E-state index contributed by atoms with van der Waals surface area (Å²) in [5.41, 5.74) is 4.72. The number of benzene rings is 4. The van der Waals surface area contributed by atoms with E-state index in [0.29, 0.717) is 6.61 Å². The SMILES string of the molecule is CCC(C)(C)C(=O)OC.CCC(C)(C)C(=O)OCCC[N+]1(C)CCCC1.c1ccc([B-](c2ccccc2)(c2ccccc2)c2ccccc2)cc1. The average molecular weight is 692 g/mol. The molecule has 274 valence electrons. The Balaban J connectivity index is 0.000000234. The maximum Gasteiger partial charge on any atom is 0.311 e. The van der Waals surface area contributed by atoms with Crippen LogP contribution in [-0.2, 0) is 19.1 Å². The molecule has 1 saturated heterocycles. The number of hydrogen-bond acceptors (Lipinski definition) is 4. The summed E-state index contributed by atoms with van der Waals surface area (Å²) >= 11 is 0. The maximum absolute atomic E-state index is 11.7. The number of likely N-dealkylation sites (tertiary alicyclic amines) is 1. The van der Waals surface area contributed by atoms with Gasteiger partial charge in [-0.2, -0.15) is 21.9 Å². The highest BCUT2D eigenvalue weighted by Crippen LogP contribution is 2.22. The van der Waals surface area contributed by atoms with Crippen molar-refractivity contribution in [2.24, 2.45) is 10.8 Å². The first-order valence-electron chi connectivity index (χ1n) is 18.8. The number of methoxy groups -OCH3 is 1. The van der Waals surface area contributed by atoms with Crippen molar-refractivity contribution in [3.63, 3.8) is 0 Å². The highest BCUT2D eigenvalue weighted by atomic mass is 16.5. The number of carbonyl (C=O) groups excluding carboxylic acids is 2. The molecule has 5 rings (SSSR count). The summed E-state index contributed by atoms with van der Waals surface area (Å²) in [6.07, 6.45) is 4.12. The highest BCUT2D eigenvalue weighted by molar-refractivity contribution is 7.19. The Morgan fingerprint density at radius 1 is 0.608 bits per heavy atom. The molecule has 4 aromatic rings. The molecule has 1 heterocycles. The molecule has 4 aromatic carbocycles. The molecular formula is C45H62BNO4. The Labute approximate surface area is 308 Å². The Morgan fingerprint density at radius 2 is 0.941 bits per heavy atom. The van der Waals surface area contributed by atoms with Crippen LogP contribution in [0.4, 0.5) is 0 Å². The van der Waals surface area contributed by atoms with E-state index in [1.807, 2.05) is 41.5 Å². The number of rotatable bonds is 12. The fourth-order valence-electron chi connectivity index (χ4n) is 6.82. The first kappa shape index (κ1) is 41.3. The molecule has 0 amide bonds. The van der Waals surface area contributed by atoms with Gasteiger partial charge in [0.1, 0.15) is 6.15 Å². The summed E-state index contributed by atoms with van der Waals surface area (Å²) in [4.78, 5) is 22.6. The second-order valence-electron chi connectivity index (χ2n) is 15.5. The fourth-order valence-corrected chi connectivity index (χ4v) is 6.82. The van der Waals surface area contributed by atoms with Crippen molar-refractivity contribution in [3.8, 4) is 0 Å². The number of carbonyl (C=O) groups is 2. The average Bonchev–Trinajstić information content (AvgIpc) is 3.61. The van der Waals surface area contributed by atoms with E-state index in [9.17, 15) is 9.59 Å². The summed E-state index contributed by atoms with van der Waals surface area (Å²) in [6, 6.07) is 43.5. The van der Waals surface area contributed by atoms with Crippen LogP contribution < -0.4 is 21.9 Å². The lowest BCUT2D eigenvalue weighted by Crippen LogP contribution is -2.74. The molecule has 0 N–H and O–H groups in total. The first-order chi connectivity index (χ1) is 24.4. The van der Waals surface area contributed by atoms with Crippen LogP contribution in [0.15, 0.2) is 121 Å². The molecule has 1 fully saturated rings.